The zero-order valence-electron chi connectivity index (χ0n) is 10.8. The number of carboxylic acids is 1. The van der Waals surface area contributed by atoms with Gasteiger partial charge in [0, 0.05) is 30.1 Å². The Balaban J connectivity index is 1.91. The molecule has 1 aliphatic rings. The molecule has 1 atom stereocenters. The second-order valence-electron chi connectivity index (χ2n) is 4.91. The van der Waals surface area contributed by atoms with Gasteiger partial charge in [0.05, 0.1) is 5.92 Å². The number of aryl methyl sites for hydroxylation is 1. The number of likely N-dealkylation sites (tertiary alicyclic amines) is 1. The highest BCUT2D eigenvalue weighted by Gasteiger charge is 2.37. The fourth-order valence-electron chi connectivity index (χ4n) is 2.07. The summed E-state index contributed by atoms with van der Waals surface area (Å²) in [5.74, 6) is -1.38. The molecule has 1 saturated heterocycles. The molecule has 1 fully saturated rings. The van der Waals surface area contributed by atoms with E-state index < -0.39 is 11.9 Å². The standard InChI is InChI=1S/C12H16N2O4S/c1-7-6-19-12(18)14(7)5-10(15)13-3-9(4-13)8(2)11(16)17/h6,8-9H,3-5H2,1-2H3,(H,16,17). The van der Waals surface area contributed by atoms with Crippen LogP contribution >= 0.6 is 11.3 Å². The average Bonchev–Trinajstić information content (AvgIpc) is 2.58. The summed E-state index contributed by atoms with van der Waals surface area (Å²) in [6.07, 6.45) is 0. The van der Waals surface area contributed by atoms with Crippen LogP contribution in [0, 0.1) is 18.8 Å². The topological polar surface area (TPSA) is 79.6 Å². The normalized spacial score (nSPS) is 17.1. The summed E-state index contributed by atoms with van der Waals surface area (Å²) in [6.45, 7) is 4.41. The lowest BCUT2D eigenvalue weighted by Crippen LogP contribution is -2.54. The summed E-state index contributed by atoms with van der Waals surface area (Å²) in [5, 5.41) is 10.6. The fraction of sp³-hybridized carbons (Fsp3) is 0.583. The van der Waals surface area contributed by atoms with E-state index in [-0.39, 0.29) is 23.2 Å². The molecule has 0 aliphatic carbocycles. The predicted octanol–water partition coefficient (Wildman–Crippen LogP) is 0.397. The van der Waals surface area contributed by atoms with Crippen LogP contribution in [0.2, 0.25) is 0 Å². The minimum absolute atomic E-state index is 0.0155. The van der Waals surface area contributed by atoms with Crippen LogP contribution < -0.4 is 4.87 Å². The van der Waals surface area contributed by atoms with E-state index in [1.807, 2.05) is 0 Å². The fourth-order valence-corrected chi connectivity index (χ4v) is 2.80. The first-order valence-corrected chi connectivity index (χ1v) is 6.93. The van der Waals surface area contributed by atoms with Crippen molar-refractivity contribution in [3.8, 4) is 0 Å². The zero-order valence-corrected chi connectivity index (χ0v) is 11.6. The van der Waals surface area contributed by atoms with Crippen LogP contribution in [-0.4, -0.2) is 39.5 Å². The van der Waals surface area contributed by atoms with Gasteiger partial charge in [-0.25, -0.2) is 0 Å². The van der Waals surface area contributed by atoms with E-state index in [2.05, 4.69) is 0 Å². The predicted molar refractivity (Wildman–Crippen MR) is 70.2 cm³/mol. The number of carboxylic acid groups (broad SMARTS) is 1. The van der Waals surface area contributed by atoms with Gasteiger partial charge in [0.1, 0.15) is 6.54 Å². The van der Waals surface area contributed by atoms with Crippen LogP contribution in [0.1, 0.15) is 12.6 Å². The van der Waals surface area contributed by atoms with Gasteiger partial charge in [-0.05, 0) is 6.92 Å². The molecule has 19 heavy (non-hydrogen) atoms. The SMILES string of the molecule is Cc1csc(=O)n1CC(=O)N1CC(C(C)C(=O)O)C1. The molecule has 7 heteroatoms. The second-order valence-corrected chi connectivity index (χ2v) is 5.74. The van der Waals surface area contributed by atoms with Crippen molar-refractivity contribution in [2.75, 3.05) is 13.1 Å². The first-order valence-electron chi connectivity index (χ1n) is 6.05. The van der Waals surface area contributed by atoms with Gasteiger partial charge in [0.2, 0.25) is 5.91 Å². The van der Waals surface area contributed by atoms with Crippen molar-refractivity contribution in [1.82, 2.24) is 9.47 Å². The molecule has 0 aromatic carbocycles. The molecular formula is C12H16N2O4S. The number of thiazole rings is 1. The van der Waals surface area contributed by atoms with Crippen LogP contribution in [0.4, 0.5) is 0 Å². The minimum atomic E-state index is -0.831. The molecule has 2 heterocycles. The number of aromatic nitrogens is 1. The van der Waals surface area contributed by atoms with E-state index in [1.54, 1.807) is 24.1 Å². The van der Waals surface area contributed by atoms with Crippen molar-refractivity contribution in [2.24, 2.45) is 11.8 Å². The third-order valence-corrected chi connectivity index (χ3v) is 4.51. The Morgan fingerprint density at radius 1 is 1.53 bits per heavy atom. The Bertz CT molecular complexity index is 556. The van der Waals surface area contributed by atoms with Gasteiger partial charge in [-0.1, -0.05) is 18.3 Å². The molecule has 6 nitrogen and oxygen atoms in total. The van der Waals surface area contributed by atoms with Crippen LogP contribution in [0.3, 0.4) is 0 Å². The van der Waals surface area contributed by atoms with Gasteiger partial charge in [-0.2, -0.15) is 0 Å². The van der Waals surface area contributed by atoms with Crippen molar-refractivity contribution in [1.29, 1.82) is 0 Å². The Hall–Kier alpha value is -1.63. The molecule has 104 valence electrons. The number of nitrogens with zero attached hydrogens (tertiary/aromatic N) is 2. The monoisotopic (exact) mass is 284 g/mol. The molecule has 1 aliphatic heterocycles. The molecule has 1 N–H and O–H groups in total. The van der Waals surface area contributed by atoms with E-state index in [4.69, 9.17) is 5.11 Å². The van der Waals surface area contributed by atoms with Crippen molar-refractivity contribution in [2.45, 2.75) is 20.4 Å². The highest BCUT2D eigenvalue weighted by atomic mass is 32.1. The molecule has 2 rings (SSSR count). The molecule has 0 radical (unpaired) electrons. The third kappa shape index (κ3) is 2.70. The molecule has 1 amide bonds. The van der Waals surface area contributed by atoms with Gasteiger partial charge >= 0.3 is 10.8 Å². The van der Waals surface area contributed by atoms with Crippen molar-refractivity contribution in [3.63, 3.8) is 0 Å². The molecule has 1 aromatic heterocycles. The molecule has 1 aromatic rings. The third-order valence-electron chi connectivity index (χ3n) is 3.63. The number of hydrogen-bond acceptors (Lipinski definition) is 4. The summed E-state index contributed by atoms with van der Waals surface area (Å²) < 4.78 is 1.45. The van der Waals surface area contributed by atoms with Crippen LogP contribution in [0.25, 0.3) is 0 Å². The maximum atomic E-state index is 12.0. The van der Waals surface area contributed by atoms with E-state index in [0.29, 0.717) is 13.1 Å². The van der Waals surface area contributed by atoms with Crippen LogP contribution in [0.5, 0.6) is 0 Å². The molecule has 0 saturated carbocycles. The number of hydrogen-bond donors (Lipinski definition) is 1. The minimum Gasteiger partial charge on any atom is -0.481 e. The summed E-state index contributed by atoms with van der Waals surface area (Å²) in [7, 11) is 0. The summed E-state index contributed by atoms with van der Waals surface area (Å²) >= 11 is 1.08. The Kier molecular flexibility index (Phi) is 3.75. The van der Waals surface area contributed by atoms with Crippen molar-refractivity contribution in [3.05, 3.63) is 20.7 Å². The van der Waals surface area contributed by atoms with Gasteiger partial charge in [0.25, 0.3) is 0 Å². The van der Waals surface area contributed by atoms with Gasteiger partial charge in [-0.15, -0.1) is 0 Å². The second kappa shape index (κ2) is 5.16. The largest absolute Gasteiger partial charge is 0.481 e. The maximum absolute atomic E-state index is 12.0. The molecule has 0 bridgehead atoms. The van der Waals surface area contributed by atoms with E-state index in [9.17, 15) is 14.4 Å². The first kappa shape index (κ1) is 13.8. The van der Waals surface area contributed by atoms with Gasteiger partial charge < -0.3 is 10.0 Å². The number of amides is 1. The number of carbonyl (C=O) groups excluding carboxylic acids is 1. The van der Waals surface area contributed by atoms with Crippen molar-refractivity contribution >= 4 is 23.2 Å². The van der Waals surface area contributed by atoms with Crippen LogP contribution in [0.15, 0.2) is 10.2 Å². The smallest absolute Gasteiger partial charge is 0.307 e. The van der Waals surface area contributed by atoms with E-state index in [1.165, 1.54) is 4.57 Å². The van der Waals surface area contributed by atoms with Gasteiger partial charge in [0.15, 0.2) is 0 Å². The first-order chi connectivity index (χ1) is 8.90. The van der Waals surface area contributed by atoms with E-state index in [0.717, 1.165) is 17.0 Å². The Morgan fingerprint density at radius 2 is 2.16 bits per heavy atom. The zero-order chi connectivity index (χ0) is 14.2. The lowest BCUT2D eigenvalue weighted by atomic mass is 9.87. The Morgan fingerprint density at radius 3 is 2.63 bits per heavy atom. The number of carbonyl (C=O) groups is 2. The molecule has 1 unspecified atom stereocenters. The molecular weight excluding hydrogens is 268 g/mol. The number of rotatable bonds is 4. The summed E-state index contributed by atoms with van der Waals surface area (Å²) in [6, 6.07) is 0. The van der Waals surface area contributed by atoms with Crippen LogP contribution in [-0.2, 0) is 16.1 Å². The maximum Gasteiger partial charge on any atom is 0.307 e. The summed E-state index contributed by atoms with van der Waals surface area (Å²) in [5.41, 5.74) is 0.777. The number of aliphatic carboxylic acids is 1. The van der Waals surface area contributed by atoms with Crippen molar-refractivity contribution < 1.29 is 14.7 Å². The highest BCUT2D eigenvalue weighted by molar-refractivity contribution is 7.07. The lowest BCUT2D eigenvalue weighted by molar-refractivity contribution is -0.150. The lowest BCUT2D eigenvalue weighted by Gasteiger charge is -2.41. The van der Waals surface area contributed by atoms with E-state index >= 15 is 0 Å². The highest BCUT2D eigenvalue weighted by Crippen LogP contribution is 2.24. The quantitative estimate of drug-likeness (QED) is 0.868. The molecule has 0 spiro atoms. The average molecular weight is 284 g/mol. The van der Waals surface area contributed by atoms with Gasteiger partial charge in [-0.3, -0.25) is 19.0 Å². The Labute approximate surface area is 114 Å². The summed E-state index contributed by atoms with van der Waals surface area (Å²) in [4.78, 5) is 35.7.